The highest BCUT2D eigenvalue weighted by Gasteiger charge is 2.57. The zero-order valence-electron chi connectivity index (χ0n) is 14.6. The number of ether oxygens (including phenoxy) is 2. The van der Waals surface area contributed by atoms with Crippen molar-refractivity contribution in [1.82, 2.24) is 4.90 Å². The van der Waals surface area contributed by atoms with E-state index in [0.717, 1.165) is 0 Å². The highest BCUT2D eigenvalue weighted by Crippen LogP contribution is 2.50. The van der Waals surface area contributed by atoms with Gasteiger partial charge in [-0.15, -0.1) is 0 Å². The maximum Gasteiger partial charge on any atom is 0.469 e. The van der Waals surface area contributed by atoms with Crippen molar-refractivity contribution in [3.05, 3.63) is 71.3 Å². The van der Waals surface area contributed by atoms with E-state index in [0.29, 0.717) is 11.1 Å². The molecule has 2 atom stereocenters. The normalized spacial score (nSPS) is 27.9. The van der Waals surface area contributed by atoms with Crippen LogP contribution >= 0.6 is 7.82 Å². The predicted molar refractivity (Wildman–Crippen MR) is 92.8 cm³/mol. The van der Waals surface area contributed by atoms with Gasteiger partial charge in [-0.1, -0.05) is 24.3 Å². The zero-order chi connectivity index (χ0) is 19.9. The Morgan fingerprint density at radius 1 is 0.964 bits per heavy atom. The second-order valence-corrected chi connectivity index (χ2v) is 8.06. The number of nitrogens with zero attached hydrogens (tertiary/aromatic N) is 1. The van der Waals surface area contributed by atoms with Crippen molar-refractivity contribution in [3.8, 4) is 0 Å². The molecule has 0 aromatic heterocycles. The first-order chi connectivity index (χ1) is 13.3. The molecule has 2 aromatic rings. The SMILES string of the molecule is O=P(O)(O)OCC12COC(c3ccc(F)cc3)N1C(c1ccc(F)cc1)OC2. The number of phosphoric acid groups is 1. The molecule has 2 fully saturated rings. The molecule has 150 valence electrons. The fraction of sp³-hybridized carbons (Fsp3) is 0.333. The Balaban J connectivity index is 1.70. The third-order valence-electron chi connectivity index (χ3n) is 4.88. The van der Waals surface area contributed by atoms with Crippen molar-refractivity contribution in [2.45, 2.75) is 18.0 Å². The molecule has 0 bridgehead atoms. The lowest BCUT2D eigenvalue weighted by atomic mass is 10.0. The summed E-state index contributed by atoms with van der Waals surface area (Å²) in [7, 11) is -4.71. The average molecular weight is 413 g/mol. The zero-order valence-corrected chi connectivity index (χ0v) is 15.5. The van der Waals surface area contributed by atoms with Crippen molar-refractivity contribution in [1.29, 1.82) is 0 Å². The maximum absolute atomic E-state index is 13.3. The van der Waals surface area contributed by atoms with Gasteiger partial charge in [0.2, 0.25) is 0 Å². The van der Waals surface area contributed by atoms with Crippen LogP contribution in [0.2, 0.25) is 0 Å². The van der Waals surface area contributed by atoms with Crippen LogP contribution in [0, 0.1) is 11.6 Å². The van der Waals surface area contributed by atoms with Gasteiger partial charge in [-0.2, -0.15) is 0 Å². The van der Waals surface area contributed by atoms with E-state index in [2.05, 4.69) is 0 Å². The summed E-state index contributed by atoms with van der Waals surface area (Å²) in [6.45, 7) is -0.147. The summed E-state index contributed by atoms with van der Waals surface area (Å²) < 4.78 is 54.5. The fourth-order valence-corrected chi connectivity index (χ4v) is 3.98. The molecular formula is C18H18F2NO6P. The smallest absolute Gasteiger partial charge is 0.357 e. The van der Waals surface area contributed by atoms with Gasteiger partial charge in [0.15, 0.2) is 0 Å². The van der Waals surface area contributed by atoms with Gasteiger partial charge in [0.25, 0.3) is 0 Å². The van der Waals surface area contributed by atoms with Crippen LogP contribution in [0.4, 0.5) is 8.78 Å². The van der Waals surface area contributed by atoms with E-state index >= 15 is 0 Å². The fourth-order valence-electron chi connectivity index (χ4n) is 3.57. The molecule has 0 aliphatic carbocycles. The second kappa shape index (κ2) is 7.27. The first-order valence-corrected chi connectivity index (χ1v) is 10.0. The monoisotopic (exact) mass is 413 g/mol. The Kier molecular flexibility index (Phi) is 5.09. The molecule has 7 nitrogen and oxygen atoms in total. The third-order valence-corrected chi connectivity index (χ3v) is 5.35. The van der Waals surface area contributed by atoms with Crippen molar-refractivity contribution in [3.63, 3.8) is 0 Å². The summed E-state index contributed by atoms with van der Waals surface area (Å²) in [6.07, 6.45) is -1.31. The molecule has 0 spiro atoms. The topological polar surface area (TPSA) is 88.5 Å². The summed E-state index contributed by atoms with van der Waals surface area (Å²) >= 11 is 0. The Hall–Kier alpha value is -1.71. The van der Waals surface area contributed by atoms with Gasteiger partial charge in [-0.05, 0) is 35.4 Å². The molecule has 10 heteroatoms. The van der Waals surface area contributed by atoms with Gasteiger partial charge in [0, 0.05) is 0 Å². The molecule has 2 aromatic carbocycles. The van der Waals surface area contributed by atoms with E-state index in [1.807, 2.05) is 0 Å². The first-order valence-electron chi connectivity index (χ1n) is 8.50. The number of halogens is 2. The molecule has 0 radical (unpaired) electrons. The lowest BCUT2D eigenvalue weighted by molar-refractivity contribution is -0.0630. The van der Waals surface area contributed by atoms with Crippen LogP contribution in [0.3, 0.4) is 0 Å². The van der Waals surface area contributed by atoms with Gasteiger partial charge >= 0.3 is 7.82 Å². The van der Waals surface area contributed by atoms with Crippen LogP contribution in [0.5, 0.6) is 0 Å². The second-order valence-electron chi connectivity index (χ2n) is 6.83. The minimum absolute atomic E-state index is 0.0900. The van der Waals surface area contributed by atoms with Crippen LogP contribution in [-0.2, 0) is 18.6 Å². The van der Waals surface area contributed by atoms with E-state index in [9.17, 15) is 13.3 Å². The summed E-state index contributed by atoms with van der Waals surface area (Å²) in [5.41, 5.74) is 0.341. The van der Waals surface area contributed by atoms with Crippen molar-refractivity contribution in [2.75, 3.05) is 19.8 Å². The number of fused-ring (bicyclic) bond motifs is 1. The number of hydrogen-bond donors (Lipinski definition) is 2. The van der Waals surface area contributed by atoms with Gasteiger partial charge in [-0.25, -0.2) is 18.2 Å². The Morgan fingerprint density at radius 3 is 1.79 bits per heavy atom. The van der Waals surface area contributed by atoms with Crippen LogP contribution in [-0.4, -0.2) is 40.0 Å². The summed E-state index contributed by atoms with van der Waals surface area (Å²) in [5.74, 6) is -0.795. The number of hydrogen-bond acceptors (Lipinski definition) is 5. The highest BCUT2D eigenvalue weighted by molar-refractivity contribution is 7.46. The van der Waals surface area contributed by atoms with E-state index < -0.39 is 37.5 Å². The predicted octanol–water partition coefficient (Wildman–Crippen LogP) is 2.87. The number of benzene rings is 2. The van der Waals surface area contributed by atoms with E-state index in [1.54, 1.807) is 29.2 Å². The summed E-state index contributed by atoms with van der Waals surface area (Å²) in [5, 5.41) is 0. The van der Waals surface area contributed by atoms with Crippen molar-refractivity contribution < 1.29 is 37.1 Å². The largest absolute Gasteiger partial charge is 0.469 e. The average Bonchev–Trinajstić information content (AvgIpc) is 3.19. The molecule has 0 amide bonds. The Morgan fingerprint density at radius 2 is 1.39 bits per heavy atom. The summed E-state index contributed by atoms with van der Waals surface area (Å²) in [4.78, 5) is 20.0. The lowest BCUT2D eigenvalue weighted by Gasteiger charge is -2.34. The molecule has 4 rings (SSSR count). The van der Waals surface area contributed by atoms with Gasteiger partial charge in [-0.3, -0.25) is 4.52 Å². The molecule has 2 saturated heterocycles. The van der Waals surface area contributed by atoms with Gasteiger partial charge < -0.3 is 19.3 Å². The number of rotatable bonds is 5. The summed E-state index contributed by atoms with van der Waals surface area (Å²) in [6, 6.07) is 11.5. The molecule has 2 unspecified atom stereocenters. The van der Waals surface area contributed by atoms with E-state index in [1.165, 1.54) is 24.3 Å². The van der Waals surface area contributed by atoms with Crippen LogP contribution in [0.1, 0.15) is 23.6 Å². The number of phosphoric ester groups is 1. The molecule has 2 aliphatic rings. The Labute approximate surface area is 159 Å². The van der Waals surface area contributed by atoms with Crippen LogP contribution < -0.4 is 0 Å². The van der Waals surface area contributed by atoms with Crippen LogP contribution in [0.25, 0.3) is 0 Å². The van der Waals surface area contributed by atoms with Gasteiger partial charge in [0.1, 0.15) is 24.1 Å². The minimum Gasteiger partial charge on any atom is -0.357 e. The van der Waals surface area contributed by atoms with E-state index in [-0.39, 0.29) is 19.8 Å². The standard InChI is InChI=1S/C18H18F2NO6P/c19-14-5-1-12(2-6-14)16-21-17(13-3-7-15(20)8-4-13)26-10-18(21,9-25-16)11-27-28(22,23)24/h1-8,16-17H,9-11H2,(H2,22,23,24). The molecule has 2 aliphatic heterocycles. The highest BCUT2D eigenvalue weighted by atomic mass is 31.2. The molecule has 0 saturated carbocycles. The molecule has 2 N–H and O–H groups in total. The molecule has 28 heavy (non-hydrogen) atoms. The maximum atomic E-state index is 13.3. The van der Waals surface area contributed by atoms with Crippen molar-refractivity contribution >= 4 is 7.82 Å². The first kappa shape index (κ1) is 19.6. The van der Waals surface area contributed by atoms with Crippen molar-refractivity contribution in [2.24, 2.45) is 0 Å². The quantitative estimate of drug-likeness (QED) is 0.729. The third kappa shape index (κ3) is 3.75. The Bertz CT molecular complexity index is 830. The van der Waals surface area contributed by atoms with Gasteiger partial charge in [0.05, 0.1) is 25.4 Å². The minimum atomic E-state index is -4.71. The van der Waals surface area contributed by atoms with E-state index in [4.69, 9.17) is 23.8 Å². The molecular weight excluding hydrogens is 395 g/mol. The van der Waals surface area contributed by atoms with Crippen LogP contribution in [0.15, 0.2) is 48.5 Å². The molecule has 2 heterocycles. The lowest BCUT2D eigenvalue weighted by Crippen LogP contribution is -2.48.